The minimum atomic E-state index is -0.450. The van der Waals surface area contributed by atoms with Gasteiger partial charge in [0, 0.05) is 11.9 Å². The molecule has 2 aromatic rings. The molecule has 2 heterocycles. The molecule has 0 aliphatic carbocycles. The fourth-order valence-corrected chi connectivity index (χ4v) is 2.41. The van der Waals surface area contributed by atoms with Gasteiger partial charge in [-0.25, -0.2) is 9.78 Å². The van der Waals surface area contributed by atoms with Crippen molar-refractivity contribution in [1.29, 1.82) is 0 Å². The molecule has 0 aromatic carbocycles. The van der Waals surface area contributed by atoms with Crippen LogP contribution in [0.25, 0.3) is 0 Å². The Labute approximate surface area is 138 Å². The van der Waals surface area contributed by atoms with Crippen molar-refractivity contribution >= 4 is 23.4 Å². The van der Waals surface area contributed by atoms with Gasteiger partial charge in [-0.2, -0.15) is 0 Å². The second kappa shape index (κ2) is 7.28. The molecule has 6 nitrogen and oxygen atoms in total. The average molecular weight is 337 g/mol. The van der Waals surface area contributed by atoms with Crippen LogP contribution in [0.3, 0.4) is 0 Å². The van der Waals surface area contributed by atoms with Crippen LogP contribution in [0.1, 0.15) is 39.0 Å². The Bertz CT molecular complexity index is 740. The predicted octanol–water partition coefficient (Wildman–Crippen LogP) is 3.12. The van der Waals surface area contributed by atoms with E-state index in [0.717, 1.165) is 0 Å². The minimum Gasteiger partial charge on any atom is -0.482 e. The highest BCUT2D eigenvalue weighted by Gasteiger charge is 2.23. The highest BCUT2D eigenvalue weighted by atomic mass is 35.5. The molecule has 0 spiro atoms. The molecule has 0 amide bonds. The summed E-state index contributed by atoms with van der Waals surface area (Å²) >= 11 is 5.87. The molecule has 23 heavy (non-hydrogen) atoms. The van der Waals surface area contributed by atoms with Crippen molar-refractivity contribution in [3.63, 3.8) is 0 Å². The van der Waals surface area contributed by atoms with E-state index in [1.807, 2.05) is 0 Å². The molecular weight excluding hydrogens is 320 g/mol. The van der Waals surface area contributed by atoms with E-state index in [9.17, 15) is 9.59 Å². The maximum Gasteiger partial charge on any atom is 0.340 e. The Morgan fingerprint density at radius 1 is 1.35 bits per heavy atom. The summed E-state index contributed by atoms with van der Waals surface area (Å²) in [6.45, 7) is 5.20. The van der Waals surface area contributed by atoms with Crippen molar-refractivity contribution in [2.75, 3.05) is 13.2 Å². The second-order valence-corrected chi connectivity index (χ2v) is 5.21. The number of H-pyrrole nitrogens is 1. The van der Waals surface area contributed by atoms with Crippen LogP contribution in [0.4, 0.5) is 0 Å². The van der Waals surface area contributed by atoms with Crippen LogP contribution in [-0.2, 0) is 4.74 Å². The minimum absolute atomic E-state index is 0.187. The first-order valence-electron chi connectivity index (χ1n) is 7.08. The molecule has 0 saturated heterocycles. The normalized spacial score (nSPS) is 10.4. The molecule has 0 atom stereocenters. The number of esters is 1. The first-order valence-corrected chi connectivity index (χ1v) is 7.46. The Morgan fingerprint density at radius 3 is 2.74 bits per heavy atom. The number of Topliss-reactive ketones (excluding diaryl/α,β-unsaturated/α-hetero) is 1. The van der Waals surface area contributed by atoms with Crippen molar-refractivity contribution in [1.82, 2.24) is 9.97 Å². The maximum atomic E-state index is 12.3. The van der Waals surface area contributed by atoms with Crippen LogP contribution in [0.2, 0.25) is 5.15 Å². The Balaban J connectivity index is 2.16. The number of ether oxygens (including phenoxy) is 2. The van der Waals surface area contributed by atoms with Crippen LogP contribution >= 0.6 is 11.6 Å². The van der Waals surface area contributed by atoms with Crippen molar-refractivity contribution in [2.24, 2.45) is 0 Å². The Morgan fingerprint density at radius 2 is 2.09 bits per heavy atom. The smallest absolute Gasteiger partial charge is 0.340 e. The van der Waals surface area contributed by atoms with E-state index in [4.69, 9.17) is 21.1 Å². The van der Waals surface area contributed by atoms with Crippen molar-refractivity contribution in [3.05, 3.63) is 46.0 Å². The van der Waals surface area contributed by atoms with E-state index >= 15 is 0 Å². The third-order valence-electron chi connectivity index (χ3n) is 3.28. The molecule has 2 rings (SSSR count). The molecule has 0 radical (unpaired) electrons. The summed E-state index contributed by atoms with van der Waals surface area (Å²) in [5.41, 5.74) is 1.84. The van der Waals surface area contributed by atoms with E-state index < -0.39 is 5.97 Å². The van der Waals surface area contributed by atoms with E-state index in [2.05, 4.69) is 9.97 Å². The number of halogens is 1. The predicted molar refractivity (Wildman–Crippen MR) is 85.3 cm³/mol. The lowest BCUT2D eigenvalue weighted by atomic mass is 10.1. The summed E-state index contributed by atoms with van der Waals surface area (Å²) in [6, 6.07) is 3.29. The van der Waals surface area contributed by atoms with Crippen molar-refractivity contribution in [2.45, 2.75) is 20.8 Å². The summed E-state index contributed by atoms with van der Waals surface area (Å²) in [5.74, 6) is -0.413. The van der Waals surface area contributed by atoms with Gasteiger partial charge in [0.15, 0.2) is 17.5 Å². The highest BCUT2D eigenvalue weighted by molar-refractivity contribution is 6.30. The monoisotopic (exact) mass is 336 g/mol. The van der Waals surface area contributed by atoms with Crippen molar-refractivity contribution < 1.29 is 19.1 Å². The van der Waals surface area contributed by atoms with Gasteiger partial charge < -0.3 is 14.5 Å². The summed E-state index contributed by atoms with van der Waals surface area (Å²) < 4.78 is 10.4. The zero-order valence-electron chi connectivity index (χ0n) is 13.1. The van der Waals surface area contributed by atoms with Gasteiger partial charge in [-0.05, 0) is 38.5 Å². The molecule has 7 heteroatoms. The molecular formula is C16H17ClN2O4. The van der Waals surface area contributed by atoms with Gasteiger partial charge in [-0.15, -0.1) is 0 Å². The van der Waals surface area contributed by atoms with Crippen LogP contribution in [-0.4, -0.2) is 34.9 Å². The molecule has 122 valence electrons. The number of nitrogens with zero attached hydrogens (tertiary/aromatic N) is 1. The zero-order valence-corrected chi connectivity index (χ0v) is 13.9. The van der Waals surface area contributed by atoms with Crippen LogP contribution in [0, 0.1) is 13.8 Å². The molecule has 0 fully saturated rings. The number of hydrogen-bond acceptors (Lipinski definition) is 5. The van der Waals surface area contributed by atoms with Crippen molar-refractivity contribution in [3.8, 4) is 5.75 Å². The van der Waals surface area contributed by atoms with Gasteiger partial charge in [0.1, 0.15) is 0 Å². The first kappa shape index (κ1) is 17.0. The molecule has 2 aromatic heterocycles. The summed E-state index contributed by atoms with van der Waals surface area (Å²) in [6.07, 6.45) is 1.53. The van der Waals surface area contributed by atoms with E-state index in [1.54, 1.807) is 32.9 Å². The molecule has 0 bridgehead atoms. The van der Waals surface area contributed by atoms with Gasteiger partial charge >= 0.3 is 5.97 Å². The average Bonchev–Trinajstić information content (AvgIpc) is 2.81. The fourth-order valence-electron chi connectivity index (χ4n) is 2.23. The zero-order chi connectivity index (χ0) is 17.0. The van der Waals surface area contributed by atoms with Gasteiger partial charge in [0.05, 0.1) is 17.9 Å². The number of pyridine rings is 1. The highest BCUT2D eigenvalue weighted by Crippen LogP contribution is 2.22. The topological polar surface area (TPSA) is 81.3 Å². The standard InChI is InChI=1S/C16H17ClN2O4/c1-4-22-16(21)13-9(2)14(19-10(13)3)11(20)8-23-12-6-5-7-18-15(12)17/h5-7,19H,4,8H2,1-3H3. The van der Waals surface area contributed by atoms with Gasteiger partial charge in [-0.3, -0.25) is 4.79 Å². The second-order valence-electron chi connectivity index (χ2n) is 4.85. The lowest BCUT2D eigenvalue weighted by molar-refractivity contribution is 0.0525. The number of hydrogen-bond donors (Lipinski definition) is 1. The number of ketones is 1. The number of carbonyl (C=O) groups excluding carboxylic acids is 2. The van der Waals surface area contributed by atoms with Gasteiger partial charge in [-0.1, -0.05) is 11.6 Å². The van der Waals surface area contributed by atoms with Crippen LogP contribution < -0.4 is 4.74 Å². The number of aryl methyl sites for hydroxylation is 1. The number of aromatic nitrogens is 2. The quantitative estimate of drug-likeness (QED) is 0.498. The largest absolute Gasteiger partial charge is 0.482 e. The molecule has 1 N–H and O–H groups in total. The van der Waals surface area contributed by atoms with E-state index in [1.165, 1.54) is 6.20 Å². The number of rotatable bonds is 6. The molecule has 0 unspecified atom stereocenters. The third kappa shape index (κ3) is 3.71. The lowest BCUT2D eigenvalue weighted by Crippen LogP contribution is -2.14. The summed E-state index contributed by atoms with van der Waals surface area (Å²) in [5, 5.41) is 0.187. The first-order chi connectivity index (χ1) is 11.0. The molecule has 0 aliphatic rings. The lowest BCUT2D eigenvalue weighted by Gasteiger charge is -2.06. The number of aromatic amines is 1. The maximum absolute atomic E-state index is 12.3. The molecule has 0 saturated carbocycles. The number of nitrogens with one attached hydrogen (secondary N) is 1. The van der Waals surface area contributed by atoms with Crippen LogP contribution in [0.5, 0.6) is 5.75 Å². The van der Waals surface area contributed by atoms with Gasteiger partial charge in [0.2, 0.25) is 5.78 Å². The fraction of sp³-hybridized carbons (Fsp3) is 0.312. The third-order valence-corrected chi connectivity index (χ3v) is 3.56. The van der Waals surface area contributed by atoms with Gasteiger partial charge in [0.25, 0.3) is 0 Å². The van der Waals surface area contributed by atoms with E-state index in [-0.39, 0.29) is 24.2 Å². The summed E-state index contributed by atoms with van der Waals surface area (Å²) in [7, 11) is 0. The SMILES string of the molecule is CCOC(=O)c1c(C)[nH]c(C(=O)COc2cccnc2Cl)c1C. The Hall–Kier alpha value is -2.34. The van der Waals surface area contributed by atoms with Crippen LogP contribution in [0.15, 0.2) is 18.3 Å². The van der Waals surface area contributed by atoms with E-state index in [0.29, 0.717) is 28.3 Å². The Kier molecular flexibility index (Phi) is 5.39. The molecule has 0 aliphatic heterocycles. The summed E-state index contributed by atoms with van der Waals surface area (Å²) in [4.78, 5) is 31.1. The number of carbonyl (C=O) groups is 2.